The molecule has 0 atom stereocenters. The third-order valence-electron chi connectivity index (χ3n) is 4.96. The van der Waals surface area contributed by atoms with E-state index >= 15 is 0 Å². The zero-order chi connectivity index (χ0) is 17.9. The van der Waals surface area contributed by atoms with Crippen molar-refractivity contribution in [3.63, 3.8) is 0 Å². The number of thioether (sulfide) groups is 1. The molecule has 2 fully saturated rings. The highest BCUT2D eigenvalue weighted by molar-refractivity contribution is 7.98. The molecule has 2 aromatic rings. The molecule has 1 aliphatic heterocycles. The number of carbonyl (C=O) groups is 1. The van der Waals surface area contributed by atoms with Gasteiger partial charge in [-0.25, -0.2) is 0 Å². The van der Waals surface area contributed by atoms with Crippen LogP contribution in [0.15, 0.2) is 42.1 Å². The van der Waals surface area contributed by atoms with Crippen molar-refractivity contribution in [1.29, 1.82) is 0 Å². The lowest BCUT2D eigenvalue weighted by Crippen LogP contribution is -2.27. The van der Waals surface area contributed by atoms with Gasteiger partial charge in [-0.1, -0.05) is 30.0 Å². The number of hydrogen-bond acceptors (Lipinski definition) is 4. The molecule has 1 aromatic heterocycles. The van der Waals surface area contributed by atoms with Crippen LogP contribution in [0.5, 0.6) is 0 Å². The van der Waals surface area contributed by atoms with Crippen molar-refractivity contribution in [2.45, 2.75) is 49.1 Å². The van der Waals surface area contributed by atoms with Crippen LogP contribution in [0.25, 0.3) is 0 Å². The average Bonchev–Trinajstić information content (AvgIpc) is 3.20. The van der Waals surface area contributed by atoms with Crippen LogP contribution in [0, 0.1) is 0 Å². The van der Waals surface area contributed by atoms with Crippen LogP contribution in [-0.4, -0.2) is 38.7 Å². The summed E-state index contributed by atoms with van der Waals surface area (Å²) in [5.74, 6) is 2.64. The van der Waals surface area contributed by atoms with Gasteiger partial charge in [0.2, 0.25) is 0 Å². The number of likely N-dealkylation sites (tertiary alicyclic amines) is 1. The van der Waals surface area contributed by atoms with Crippen molar-refractivity contribution >= 4 is 17.7 Å². The van der Waals surface area contributed by atoms with Crippen LogP contribution in [0.3, 0.4) is 0 Å². The minimum Gasteiger partial charge on any atom is -0.339 e. The van der Waals surface area contributed by atoms with Gasteiger partial charge in [0.05, 0.1) is 0 Å². The number of amides is 1. The van der Waals surface area contributed by atoms with E-state index in [0.29, 0.717) is 5.92 Å². The van der Waals surface area contributed by atoms with Crippen molar-refractivity contribution in [3.05, 3.63) is 53.9 Å². The Hall–Kier alpha value is -2.08. The molecule has 0 N–H and O–H groups in total. The Morgan fingerprint density at radius 3 is 2.58 bits per heavy atom. The number of hydrogen-bond donors (Lipinski definition) is 0. The van der Waals surface area contributed by atoms with E-state index in [-0.39, 0.29) is 5.91 Å². The molecule has 4 rings (SSSR count). The molecule has 1 aliphatic carbocycles. The lowest BCUT2D eigenvalue weighted by atomic mass is 10.1. The molecule has 0 bridgehead atoms. The van der Waals surface area contributed by atoms with E-state index < -0.39 is 0 Å². The second-order valence-corrected chi connectivity index (χ2v) is 7.94. The summed E-state index contributed by atoms with van der Waals surface area (Å²) >= 11 is 1.69. The SMILES string of the molecule is C=CCn1c(SCc2ccc(C(=O)N3CCCC3)cc2)nnc1C1CC1. The van der Waals surface area contributed by atoms with Crippen molar-refractivity contribution in [1.82, 2.24) is 19.7 Å². The first-order valence-electron chi connectivity index (χ1n) is 9.31. The van der Waals surface area contributed by atoms with Crippen molar-refractivity contribution < 1.29 is 4.79 Å². The van der Waals surface area contributed by atoms with E-state index in [2.05, 4.69) is 21.3 Å². The molecule has 0 radical (unpaired) electrons. The monoisotopic (exact) mass is 368 g/mol. The smallest absolute Gasteiger partial charge is 0.253 e. The summed E-state index contributed by atoms with van der Waals surface area (Å²) < 4.78 is 2.18. The molecule has 1 saturated carbocycles. The molecule has 6 heteroatoms. The number of benzene rings is 1. The third kappa shape index (κ3) is 3.70. The van der Waals surface area contributed by atoms with E-state index in [1.165, 1.54) is 18.4 Å². The molecule has 1 saturated heterocycles. The maximum absolute atomic E-state index is 12.4. The summed E-state index contributed by atoms with van der Waals surface area (Å²) in [6.07, 6.45) is 6.57. The standard InChI is InChI=1S/C20H24N4OS/c1-2-11-24-18(16-9-10-16)21-22-20(24)26-14-15-5-7-17(8-6-15)19(25)23-12-3-4-13-23/h2,5-8,16H,1,3-4,9-14H2. The quantitative estimate of drug-likeness (QED) is 0.550. The molecule has 136 valence electrons. The van der Waals surface area contributed by atoms with Gasteiger partial charge < -0.3 is 9.47 Å². The van der Waals surface area contributed by atoms with Gasteiger partial charge in [0, 0.05) is 36.9 Å². The molecule has 2 heterocycles. The summed E-state index contributed by atoms with van der Waals surface area (Å²) in [6.45, 7) is 6.38. The van der Waals surface area contributed by atoms with Gasteiger partial charge >= 0.3 is 0 Å². The Bertz CT molecular complexity index is 789. The van der Waals surface area contributed by atoms with Gasteiger partial charge in [0.15, 0.2) is 5.16 Å². The molecule has 0 unspecified atom stereocenters. The normalized spacial score (nSPS) is 16.8. The molecule has 0 spiro atoms. The summed E-state index contributed by atoms with van der Waals surface area (Å²) in [7, 11) is 0. The third-order valence-corrected chi connectivity index (χ3v) is 6.00. The second kappa shape index (κ2) is 7.66. The van der Waals surface area contributed by atoms with Crippen LogP contribution in [0.4, 0.5) is 0 Å². The Labute approximate surface area is 158 Å². The van der Waals surface area contributed by atoms with E-state index in [1.807, 2.05) is 35.2 Å². The first-order chi connectivity index (χ1) is 12.8. The number of rotatable bonds is 7. The summed E-state index contributed by atoms with van der Waals surface area (Å²) in [5.41, 5.74) is 1.97. The molecule has 2 aliphatic rings. The predicted octanol–water partition coefficient (Wildman–Crippen LogP) is 3.87. The first-order valence-corrected chi connectivity index (χ1v) is 10.3. The van der Waals surface area contributed by atoms with Gasteiger partial charge in [0.25, 0.3) is 5.91 Å². The molecule has 26 heavy (non-hydrogen) atoms. The van der Waals surface area contributed by atoms with E-state index in [0.717, 1.165) is 54.8 Å². The van der Waals surface area contributed by atoms with Crippen LogP contribution < -0.4 is 0 Å². The number of nitrogens with zero attached hydrogens (tertiary/aromatic N) is 4. The lowest BCUT2D eigenvalue weighted by Gasteiger charge is -2.15. The molecule has 5 nitrogen and oxygen atoms in total. The Balaban J connectivity index is 1.40. The maximum Gasteiger partial charge on any atom is 0.253 e. The van der Waals surface area contributed by atoms with E-state index in [1.54, 1.807) is 11.8 Å². The molecular formula is C20H24N4OS. The van der Waals surface area contributed by atoms with Gasteiger partial charge in [-0.05, 0) is 43.4 Å². The lowest BCUT2D eigenvalue weighted by molar-refractivity contribution is 0.0793. The van der Waals surface area contributed by atoms with Crippen molar-refractivity contribution in [3.8, 4) is 0 Å². The number of aromatic nitrogens is 3. The Kier molecular flexibility index (Phi) is 5.11. The van der Waals surface area contributed by atoms with Gasteiger partial charge in [0.1, 0.15) is 5.82 Å². The Morgan fingerprint density at radius 1 is 1.19 bits per heavy atom. The van der Waals surface area contributed by atoms with Gasteiger partial charge in [-0.2, -0.15) is 0 Å². The minimum atomic E-state index is 0.154. The zero-order valence-corrected chi connectivity index (χ0v) is 15.7. The highest BCUT2D eigenvalue weighted by Gasteiger charge is 2.30. The van der Waals surface area contributed by atoms with Crippen LogP contribution in [0.2, 0.25) is 0 Å². The summed E-state index contributed by atoms with van der Waals surface area (Å²) in [4.78, 5) is 14.4. The van der Waals surface area contributed by atoms with Crippen molar-refractivity contribution in [2.24, 2.45) is 0 Å². The fraction of sp³-hybridized carbons (Fsp3) is 0.450. The zero-order valence-electron chi connectivity index (χ0n) is 14.9. The average molecular weight is 369 g/mol. The summed E-state index contributed by atoms with van der Waals surface area (Å²) in [6, 6.07) is 7.99. The molecule has 1 aromatic carbocycles. The highest BCUT2D eigenvalue weighted by atomic mass is 32.2. The topological polar surface area (TPSA) is 51.0 Å². The van der Waals surface area contributed by atoms with Crippen molar-refractivity contribution in [2.75, 3.05) is 13.1 Å². The molecular weight excluding hydrogens is 344 g/mol. The number of allylic oxidation sites excluding steroid dienone is 1. The maximum atomic E-state index is 12.4. The largest absolute Gasteiger partial charge is 0.339 e. The van der Waals surface area contributed by atoms with Crippen LogP contribution in [0.1, 0.15) is 53.3 Å². The Morgan fingerprint density at radius 2 is 1.92 bits per heavy atom. The number of carbonyl (C=O) groups excluding carboxylic acids is 1. The fourth-order valence-electron chi connectivity index (χ4n) is 3.35. The van der Waals surface area contributed by atoms with Crippen LogP contribution in [-0.2, 0) is 12.3 Å². The highest BCUT2D eigenvalue weighted by Crippen LogP contribution is 2.40. The fourth-order valence-corrected chi connectivity index (χ4v) is 4.26. The summed E-state index contributed by atoms with van der Waals surface area (Å²) in [5, 5.41) is 9.71. The van der Waals surface area contributed by atoms with Gasteiger partial charge in [-0.15, -0.1) is 16.8 Å². The van der Waals surface area contributed by atoms with Gasteiger partial charge in [-0.3, -0.25) is 4.79 Å². The molecule has 1 amide bonds. The second-order valence-electron chi connectivity index (χ2n) is 7.00. The first kappa shape index (κ1) is 17.3. The van der Waals surface area contributed by atoms with E-state index in [9.17, 15) is 4.79 Å². The predicted molar refractivity (Wildman–Crippen MR) is 103 cm³/mol. The van der Waals surface area contributed by atoms with E-state index in [4.69, 9.17) is 0 Å². The minimum absolute atomic E-state index is 0.154. The van der Waals surface area contributed by atoms with Crippen LogP contribution >= 0.6 is 11.8 Å².